The zero-order chi connectivity index (χ0) is 12.0. The maximum Gasteiger partial charge on any atom is 0.123 e. The zero-order valence-corrected chi connectivity index (χ0v) is 9.82. The summed E-state index contributed by atoms with van der Waals surface area (Å²) in [6, 6.07) is 3.94. The van der Waals surface area contributed by atoms with Crippen LogP contribution < -0.4 is 5.11 Å². The SMILES string of the molecule is CC(=O)[O-].Cc1csc(-c2ccncc2)n1. The first-order valence-electron chi connectivity index (χ1n) is 4.59. The van der Waals surface area contributed by atoms with E-state index in [1.165, 1.54) is 0 Å². The van der Waals surface area contributed by atoms with Crippen molar-refractivity contribution in [2.45, 2.75) is 13.8 Å². The van der Waals surface area contributed by atoms with E-state index in [-0.39, 0.29) is 0 Å². The molecule has 2 aromatic rings. The van der Waals surface area contributed by atoms with Gasteiger partial charge in [0.15, 0.2) is 0 Å². The highest BCUT2D eigenvalue weighted by atomic mass is 32.1. The number of hydrogen-bond donors (Lipinski definition) is 0. The highest BCUT2D eigenvalue weighted by Crippen LogP contribution is 2.21. The van der Waals surface area contributed by atoms with Gasteiger partial charge in [0.1, 0.15) is 5.01 Å². The molecule has 2 aromatic heterocycles. The van der Waals surface area contributed by atoms with E-state index in [2.05, 4.69) is 15.3 Å². The van der Waals surface area contributed by atoms with Crippen LogP contribution >= 0.6 is 11.3 Å². The summed E-state index contributed by atoms with van der Waals surface area (Å²) in [6.45, 7) is 2.97. The molecule has 16 heavy (non-hydrogen) atoms. The quantitative estimate of drug-likeness (QED) is 0.746. The van der Waals surface area contributed by atoms with Crippen LogP contribution in [0.4, 0.5) is 0 Å². The third kappa shape index (κ3) is 4.18. The van der Waals surface area contributed by atoms with Gasteiger partial charge < -0.3 is 9.90 Å². The van der Waals surface area contributed by atoms with Gasteiger partial charge in [0.05, 0.1) is 0 Å². The number of carbonyl (C=O) groups is 1. The molecular weight excluding hydrogens is 224 g/mol. The Morgan fingerprint density at radius 2 is 1.94 bits per heavy atom. The van der Waals surface area contributed by atoms with Crippen molar-refractivity contribution < 1.29 is 9.90 Å². The topological polar surface area (TPSA) is 65.9 Å². The standard InChI is InChI=1S/C9H8N2S.C2H4O2/c1-7-6-12-9(11-7)8-2-4-10-5-3-8;1-2(3)4/h2-6H,1H3;1H3,(H,3,4)/p-1. The van der Waals surface area contributed by atoms with Crippen LogP contribution in [0.15, 0.2) is 29.9 Å². The van der Waals surface area contributed by atoms with Crippen molar-refractivity contribution in [2.75, 3.05) is 0 Å². The molecule has 0 amide bonds. The fourth-order valence-electron chi connectivity index (χ4n) is 0.981. The second-order valence-corrected chi connectivity index (χ2v) is 3.88. The lowest BCUT2D eigenvalue weighted by Gasteiger charge is -1.91. The number of rotatable bonds is 1. The van der Waals surface area contributed by atoms with Crippen LogP contribution in [0.3, 0.4) is 0 Å². The van der Waals surface area contributed by atoms with Gasteiger partial charge in [-0.1, -0.05) is 0 Å². The molecule has 0 atom stereocenters. The molecule has 84 valence electrons. The minimum atomic E-state index is -1.08. The first kappa shape index (κ1) is 12.3. The van der Waals surface area contributed by atoms with Crippen LogP contribution in [0.5, 0.6) is 0 Å². The third-order valence-electron chi connectivity index (χ3n) is 1.55. The molecule has 0 unspecified atom stereocenters. The van der Waals surface area contributed by atoms with Crippen molar-refractivity contribution in [1.29, 1.82) is 0 Å². The van der Waals surface area contributed by atoms with E-state index in [0.717, 1.165) is 23.2 Å². The van der Waals surface area contributed by atoms with Crippen LogP contribution in [0.25, 0.3) is 10.6 Å². The maximum atomic E-state index is 8.89. The van der Waals surface area contributed by atoms with E-state index >= 15 is 0 Å². The van der Waals surface area contributed by atoms with Gasteiger partial charge in [0.2, 0.25) is 0 Å². The van der Waals surface area contributed by atoms with Crippen LogP contribution in [-0.4, -0.2) is 15.9 Å². The highest BCUT2D eigenvalue weighted by molar-refractivity contribution is 7.13. The van der Waals surface area contributed by atoms with E-state index in [1.807, 2.05) is 19.1 Å². The van der Waals surface area contributed by atoms with E-state index in [1.54, 1.807) is 23.7 Å². The van der Waals surface area contributed by atoms with E-state index < -0.39 is 5.97 Å². The van der Waals surface area contributed by atoms with Crippen LogP contribution in [-0.2, 0) is 4.79 Å². The summed E-state index contributed by atoms with van der Waals surface area (Å²) in [5.41, 5.74) is 2.22. The number of pyridine rings is 1. The van der Waals surface area contributed by atoms with E-state index in [4.69, 9.17) is 9.90 Å². The number of aryl methyl sites for hydroxylation is 1. The summed E-state index contributed by atoms with van der Waals surface area (Å²) >= 11 is 1.66. The smallest absolute Gasteiger partial charge is 0.123 e. The lowest BCUT2D eigenvalue weighted by Crippen LogP contribution is -2.16. The first-order chi connectivity index (χ1) is 7.59. The van der Waals surface area contributed by atoms with E-state index in [9.17, 15) is 0 Å². The monoisotopic (exact) mass is 235 g/mol. The fraction of sp³-hybridized carbons (Fsp3) is 0.182. The van der Waals surface area contributed by atoms with E-state index in [0.29, 0.717) is 0 Å². The van der Waals surface area contributed by atoms with Gasteiger partial charge in [-0.05, 0) is 26.0 Å². The average Bonchev–Trinajstić information content (AvgIpc) is 2.65. The minimum Gasteiger partial charge on any atom is -0.550 e. The molecule has 0 saturated heterocycles. The Labute approximate surface area is 97.6 Å². The second-order valence-electron chi connectivity index (χ2n) is 3.02. The maximum absolute atomic E-state index is 8.89. The molecular formula is C11H11N2O2S-. The van der Waals surface area contributed by atoms with Gasteiger partial charge in [-0.25, -0.2) is 4.98 Å². The van der Waals surface area contributed by atoms with Crippen LogP contribution in [0.1, 0.15) is 12.6 Å². The summed E-state index contributed by atoms with van der Waals surface area (Å²) in [4.78, 5) is 17.2. The number of nitrogens with zero attached hydrogens (tertiary/aromatic N) is 2. The van der Waals surface area contributed by atoms with Gasteiger partial charge in [0.25, 0.3) is 0 Å². The van der Waals surface area contributed by atoms with Gasteiger partial charge in [-0.15, -0.1) is 11.3 Å². The Bertz CT molecular complexity index is 450. The Morgan fingerprint density at radius 1 is 1.38 bits per heavy atom. The molecule has 0 N–H and O–H groups in total. The molecule has 0 fully saturated rings. The van der Waals surface area contributed by atoms with Crippen LogP contribution in [0, 0.1) is 6.92 Å². The molecule has 5 heteroatoms. The molecule has 0 aliphatic rings. The molecule has 2 heterocycles. The fourth-order valence-corrected chi connectivity index (χ4v) is 1.78. The summed E-state index contributed by atoms with van der Waals surface area (Å²) in [7, 11) is 0. The summed E-state index contributed by atoms with van der Waals surface area (Å²) in [5.74, 6) is -1.08. The predicted molar refractivity (Wildman–Crippen MR) is 60.8 cm³/mol. The number of carboxylic acids is 1. The van der Waals surface area contributed by atoms with Crippen molar-refractivity contribution in [1.82, 2.24) is 9.97 Å². The molecule has 2 rings (SSSR count). The summed E-state index contributed by atoms with van der Waals surface area (Å²) in [6.07, 6.45) is 3.57. The van der Waals surface area contributed by atoms with Gasteiger partial charge >= 0.3 is 0 Å². The molecule has 0 saturated carbocycles. The molecule has 0 aliphatic heterocycles. The Morgan fingerprint density at radius 3 is 2.38 bits per heavy atom. The number of carbonyl (C=O) groups excluding carboxylic acids is 1. The van der Waals surface area contributed by atoms with Crippen molar-refractivity contribution in [3.05, 3.63) is 35.6 Å². The van der Waals surface area contributed by atoms with Gasteiger partial charge in [0, 0.05) is 35.0 Å². The number of aliphatic carboxylic acids is 1. The number of thiazole rings is 1. The molecule has 0 radical (unpaired) electrons. The number of aromatic nitrogens is 2. The second kappa shape index (κ2) is 5.97. The summed E-state index contributed by atoms with van der Waals surface area (Å²) in [5, 5.41) is 12.0. The normalized spacial score (nSPS) is 9.12. The number of hydrogen-bond acceptors (Lipinski definition) is 5. The Kier molecular flexibility index (Phi) is 4.60. The van der Waals surface area contributed by atoms with Gasteiger partial charge in [-0.2, -0.15) is 0 Å². The van der Waals surface area contributed by atoms with Crippen molar-refractivity contribution >= 4 is 17.3 Å². The molecule has 4 nitrogen and oxygen atoms in total. The van der Waals surface area contributed by atoms with Crippen molar-refractivity contribution in [3.63, 3.8) is 0 Å². The van der Waals surface area contributed by atoms with Crippen molar-refractivity contribution in [3.8, 4) is 10.6 Å². The van der Waals surface area contributed by atoms with Crippen LogP contribution in [0.2, 0.25) is 0 Å². The first-order valence-corrected chi connectivity index (χ1v) is 5.47. The lowest BCUT2D eigenvalue weighted by molar-refractivity contribution is -0.302. The van der Waals surface area contributed by atoms with Gasteiger partial charge in [-0.3, -0.25) is 4.98 Å². The lowest BCUT2D eigenvalue weighted by atomic mass is 10.3. The third-order valence-corrected chi connectivity index (χ3v) is 2.56. The Balaban J connectivity index is 0.000000280. The minimum absolute atomic E-state index is 0.972. The largest absolute Gasteiger partial charge is 0.550 e. The zero-order valence-electron chi connectivity index (χ0n) is 9.01. The molecule has 0 bridgehead atoms. The average molecular weight is 235 g/mol. The summed E-state index contributed by atoms with van der Waals surface area (Å²) < 4.78 is 0. The Hall–Kier alpha value is -1.75. The molecule has 0 aromatic carbocycles. The van der Waals surface area contributed by atoms with Crippen molar-refractivity contribution in [2.24, 2.45) is 0 Å². The highest BCUT2D eigenvalue weighted by Gasteiger charge is 1.99. The predicted octanol–water partition coefficient (Wildman–Crippen LogP) is 1.27. The molecule has 0 spiro atoms. The number of carboxylic acid groups (broad SMARTS) is 1. The molecule has 0 aliphatic carbocycles.